The van der Waals surface area contributed by atoms with Gasteiger partial charge < -0.3 is 0 Å². The quantitative estimate of drug-likeness (QED) is 0.462. The number of rotatable bonds is 2. The van der Waals surface area contributed by atoms with Gasteiger partial charge in [0.1, 0.15) is 0 Å². The van der Waals surface area contributed by atoms with Gasteiger partial charge in [-0.15, -0.1) is 0 Å². The fourth-order valence-electron chi connectivity index (χ4n) is 1.46. The smallest absolute Gasteiger partial charge is 0.0508 e. The summed E-state index contributed by atoms with van der Waals surface area (Å²) >= 11 is 34.1. The highest BCUT2D eigenvalue weighted by Gasteiger charge is 2.05. The van der Waals surface area contributed by atoms with Gasteiger partial charge in [0, 0.05) is 26.2 Å². The van der Waals surface area contributed by atoms with E-state index in [-0.39, 0.29) is 0 Å². The van der Waals surface area contributed by atoms with Crippen molar-refractivity contribution < 1.29 is 0 Å². The van der Waals surface area contributed by atoms with Crippen LogP contribution in [0.4, 0.5) is 0 Å². The predicted octanol–water partition coefficient (Wildman–Crippen LogP) is 8.41. The van der Waals surface area contributed by atoms with Crippen LogP contribution in [0.25, 0.3) is 11.1 Å². The van der Waals surface area contributed by atoms with Crippen molar-refractivity contribution in [2.45, 2.75) is 0 Å². The van der Waals surface area contributed by atoms with Gasteiger partial charge in [-0.3, -0.25) is 0 Å². The van der Waals surface area contributed by atoms with E-state index in [1.165, 1.54) is 5.54 Å². The standard InChI is InChI=1S/2C8H5Cl3/c1-5(9)8-6(10)3-2-4-7(8)11;9-4-3-6-1-2-7(10)5-8(6)11/h2-4H,1H2;1-5H. The van der Waals surface area contributed by atoms with Crippen LogP contribution >= 0.6 is 69.6 Å². The molecule has 0 radical (unpaired) electrons. The number of hydrogen-bond donors (Lipinski definition) is 0. The van der Waals surface area contributed by atoms with Crippen molar-refractivity contribution in [1.82, 2.24) is 0 Å². The van der Waals surface area contributed by atoms with Crippen molar-refractivity contribution >= 4 is 80.7 Å². The second kappa shape index (κ2) is 9.72. The van der Waals surface area contributed by atoms with Crippen LogP contribution in [-0.4, -0.2) is 0 Å². The summed E-state index contributed by atoms with van der Waals surface area (Å²) in [6.07, 6.45) is 1.71. The van der Waals surface area contributed by atoms with Gasteiger partial charge in [0.2, 0.25) is 0 Å². The highest BCUT2D eigenvalue weighted by Crippen LogP contribution is 2.31. The van der Waals surface area contributed by atoms with Crippen LogP contribution in [0, 0.1) is 0 Å². The van der Waals surface area contributed by atoms with E-state index in [4.69, 9.17) is 69.6 Å². The molecule has 0 spiro atoms. The predicted molar refractivity (Wildman–Crippen MR) is 103 cm³/mol. The zero-order valence-electron chi connectivity index (χ0n) is 11.1. The zero-order chi connectivity index (χ0) is 16.7. The van der Waals surface area contributed by atoms with Crippen LogP contribution in [0.15, 0.2) is 48.5 Å². The monoisotopic (exact) mass is 412 g/mol. The maximum atomic E-state index is 5.81. The molecule has 2 rings (SSSR count). The highest BCUT2D eigenvalue weighted by atomic mass is 35.5. The molecule has 0 heterocycles. The SMILES string of the molecule is C=C(Cl)c1c(Cl)cccc1Cl.ClC=Cc1ccc(Cl)cc1Cl. The molecule has 22 heavy (non-hydrogen) atoms. The molecule has 0 saturated heterocycles. The summed E-state index contributed by atoms with van der Waals surface area (Å²) in [7, 11) is 0. The molecule has 0 aromatic heterocycles. The summed E-state index contributed by atoms with van der Waals surface area (Å²) < 4.78 is 0. The van der Waals surface area contributed by atoms with E-state index in [9.17, 15) is 0 Å². The molecule has 0 fully saturated rings. The van der Waals surface area contributed by atoms with Crippen LogP contribution in [0.3, 0.4) is 0 Å². The van der Waals surface area contributed by atoms with E-state index in [1.807, 2.05) is 6.07 Å². The zero-order valence-corrected chi connectivity index (χ0v) is 15.6. The molecule has 2 aromatic carbocycles. The Hall–Kier alpha value is -0.340. The third kappa shape index (κ3) is 6.04. The Morgan fingerprint density at radius 2 is 1.50 bits per heavy atom. The van der Waals surface area contributed by atoms with Crippen LogP contribution < -0.4 is 0 Å². The lowest BCUT2D eigenvalue weighted by Crippen LogP contribution is -1.79. The minimum atomic E-state index is 0.362. The minimum absolute atomic E-state index is 0.362. The van der Waals surface area contributed by atoms with E-state index < -0.39 is 0 Å². The van der Waals surface area contributed by atoms with E-state index in [1.54, 1.807) is 36.4 Å². The van der Waals surface area contributed by atoms with Gasteiger partial charge in [0.05, 0.1) is 10.0 Å². The largest absolute Gasteiger partial charge is 0.0929 e. The molecular weight excluding hydrogens is 405 g/mol. The summed E-state index contributed by atoms with van der Waals surface area (Å²) in [5.41, 5.74) is 2.89. The average molecular weight is 415 g/mol. The normalized spacial score (nSPS) is 10.3. The molecule has 116 valence electrons. The lowest BCUT2D eigenvalue weighted by atomic mass is 10.2. The minimum Gasteiger partial charge on any atom is -0.0929 e. The first-order valence-corrected chi connectivity index (χ1v) is 8.20. The Morgan fingerprint density at radius 3 is 1.91 bits per heavy atom. The first-order chi connectivity index (χ1) is 10.4. The van der Waals surface area contributed by atoms with E-state index in [0.717, 1.165) is 5.56 Å². The Balaban J connectivity index is 0.000000220. The van der Waals surface area contributed by atoms with Crippen molar-refractivity contribution in [1.29, 1.82) is 0 Å². The van der Waals surface area contributed by atoms with Gasteiger partial charge in [-0.1, -0.05) is 88.3 Å². The number of benzene rings is 2. The molecule has 0 atom stereocenters. The number of halogens is 6. The van der Waals surface area contributed by atoms with Crippen molar-refractivity contribution in [2.24, 2.45) is 0 Å². The Bertz CT molecular complexity index is 671. The van der Waals surface area contributed by atoms with Crippen LogP contribution in [-0.2, 0) is 0 Å². The fourth-order valence-corrected chi connectivity index (χ4v) is 2.99. The van der Waals surface area contributed by atoms with Gasteiger partial charge >= 0.3 is 0 Å². The third-order valence-electron chi connectivity index (χ3n) is 2.44. The molecule has 0 aliphatic carbocycles. The summed E-state index contributed by atoms with van der Waals surface area (Å²) in [5, 5.41) is 2.65. The van der Waals surface area contributed by atoms with E-state index in [0.29, 0.717) is 30.7 Å². The average Bonchev–Trinajstić information content (AvgIpc) is 2.42. The Kier molecular flexibility index (Phi) is 8.71. The van der Waals surface area contributed by atoms with Gasteiger partial charge in [0.25, 0.3) is 0 Å². The molecule has 0 nitrogen and oxygen atoms in total. The first-order valence-electron chi connectivity index (χ1n) is 5.87. The summed E-state index contributed by atoms with van der Waals surface area (Å²) in [6, 6.07) is 10.4. The molecule has 0 N–H and O–H groups in total. The van der Waals surface area contributed by atoms with Crippen LogP contribution in [0.2, 0.25) is 20.1 Å². The van der Waals surface area contributed by atoms with E-state index in [2.05, 4.69) is 6.58 Å². The summed E-state index contributed by atoms with van der Waals surface area (Å²) in [4.78, 5) is 0. The second-order valence-corrected chi connectivity index (χ2v) is 6.33. The lowest BCUT2D eigenvalue weighted by molar-refractivity contribution is 1.65. The second-order valence-electron chi connectivity index (χ2n) is 3.96. The Morgan fingerprint density at radius 1 is 0.909 bits per heavy atom. The van der Waals surface area contributed by atoms with E-state index >= 15 is 0 Å². The molecule has 2 aromatic rings. The third-order valence-corrected chi connectivity index (χ3v) is 3.95. The van der Waals surface area contributed by atoms with Crippen molar-refractivity contribution in [3.8, 4) is 0 Å². The van der Waals surface area contributed by atoms with Gasteiger partial charge in [-0.2, -0.15) is 0 Å². The maximum absolute atomic E-state index is 5.81. The van der Waals surface area contributed by atoms with Crippen molar-refractivity contribution in [2.75, 3.05) is 0 Å². The van der Waals surface area contributed by atoms with Gasteiger partial charge in [-0.25, -0.2) is 0 Å². The van der Waals surface area contributed by atoms with Crippen molar-refractivity contribution in [3.05, 3.63) is 79.7 Å². The molecule has 0 bridgehead atoms. The fraction of sp³-hybridized carbons (Fsp3) is 0. The maximum Gasteiger partial charge on any atom is 0.0508 e. The summed E-state index contributed by atoms with van der Waals surface area (Å²) in [6.45, 7) is 3.54. The molecular formula is C16H10Cl6. The molecule has 0 aliphatic rings. The summed E-state index contributed by atoms with van der Waals surface area (Å²) in [5.74, 6) is 0. The van der Waals surface area contributed by atoms with Gasteiger partial charge in [0.15, 0.2) is 0 Å². The lowest BCUT2D eigenvalue weighted by Gasteiger charge is -2.02. The first kappa shape index (κ1) is 19.7. The number of hydrogen-bond acceptors (Lipinski definition) is 0. The molecule has 0 saturated carbocycles. The van der Waals surface area contributed by atoms with Gasteiger partial charge in [-0.05, 0) is 35.9 Å². The van der Waals surface area contributed by atoms with Crippen LogP contribution in [0.1, 0.15) is 11.1 Å². The molecule has 0 aliphatic heterocycles. The van der Waals surface area contributed by atoms with Crippen molar-refractivity contribution in [3.63, 3.8) is 0 Å². The Labute approximate surface area is 159 Å². The molecule has 0 amide bonds. The molecule has 0 unspecified atom stereocenters. The topological polar surface area (TPSA) is 0 Å². The highest BCUT2D eigenvalue weighted by molar-refractivity contribution is 6.52. The van der Waals surface area contributed by atoms with Crippen LogP contribution in [0.5, 0.6) is 0 Å². The molecule has 6 heteroatoms.